The van der Waals surface area contributed by atoms with E-state index >= 15 is 0 Å². The molecule has 110 valence electrons. The fraction of sp³-hybridized carbons (Fsp3) is 0.188. The Hall–Kier alpha value is -2.56. The van der Waals surface area contributed by atoms with E-state index < -0.39 is 17.8 Å². The smallest absolute Gasteiger partial charge is 0.258 e. The van der Waals surface area contributed by atoms with Gasteiger partial charge in [-0.25, -0.2) is 4.39 Å². The lowest BCUT2D eigenvalue weighted by atomic mass is 10.0. The van der Waals surface area contributed by atoms with E-state index in [-0.39, 0.29) is 0 Å². The highest BCUT2D eigenvalue weighted by atomic mass is 19.1. The zero-order chi connectivity index (χ0) is 15.4. The van der Waals surface area contributed by atoms with Gasteiger partial charge in [-0.3, -0.25) is 4.79 Å². The summed E-state index contributed by atoms with van der Waals surface area (Å²) in [5, 5.41) is 0. The molecule has 0 heterocycles. The molecular weight excluding hydrogens is 273 g/mol. The molecule has 2 rings (SSSR count). The van der Waals surface area contributed by atoms with E-state index in [9.17, 15) is 9.18 Å². The van der Waals surface area contributed by atoms with Crippen molar-refractivity contribution in [3.8, 4) is 22.6 Å². The van der Waals surface area contributed by atoms with Crippen LogP contribution in [0, 0.1) is 5.82 Å². The number of ether oxygens (including phenoxy) is 2. The van der Waals surface area contributed by atoms with Crippen LogP contribution in [0.4, 0.5) is 4.39 Å². The number of hydrogen-bond donors (Lipinski definition) is 1. The molecule has 0 unspecified atom stereocenters. The molecule has 21 heavy (non-hydrogen) atoms. The zero-order valence-corrected chi connectivity index (χ0v) is 11.8. The van der Waals surface area contributed by atoms with Gasteiger partial charge in [-0.15, -0.1) is 0 Å². The Morgan fingerprint density at radius 1 is 1.19 bits per heavy atom. The first kappa shape index (κ1) is 14.8. The lowest BCUT2D eigenvalue weighted by Crippen LogP contribution is -2.30. The van der Waals surface area contributed by atoms with Crippen molar-refractivity contribution >= 4 is 5.91 Å². The molecule has 0 saturated heterocycles. The van der Waals surface area contributed by atoms with E-state index in [4.69, 9.17) is 15.2 Å². The van der Waals surface area contributed by atoms with E-state index in [1.54, 1.807) is 37.3 Å². The molecule has 0 fully saturated rings. The lowest BCUT2D eigenvalue weighted by molar-refractivity contribution is -0.123. The van der Waals surface area contributed by atoms with Crippen molar-refractivity contribution in [3.05, 3.63) is 48.3 Å². The molecule has 0 radical (unpaired) electrons. The van der Waals surface area contributed by atoms with Crippen molar-refractivity contribution in [2.24, 2.45) is 5.73 Å². The number of halogens is 1. The van der Waals surface area contributed by atoms with Crippen molar-refractivity contribution in [2.75, 3.05) is 7.11 Å². The number of primary amides is 1. The lowest BCUT2D eigenvalue weighted by Gasteiger charge is -2.16. The number of carbonyl (C=O) groups excluding carboxylic acids is 1. The summed E-state index contributed by atoms with van der Waals surface area (Å²) in [6.45, 7) is 1.54. The minimum absolute atomic E-state index is 0.335. The molecular formula is C16H16FNO3. The van der Waals surface area contributed by atoms with Crippen LogP contribution in [0.3, 0.4) is 0 Å². The summed E-state index contributed by atoms with van der Waals surface area (Å²) < 4.78 is 24.7. The highest BCUT2D eigenvalue weighted by Crippen LogP contribution is 2.34. The monoisotopic (exact) mass is 289 g/mol. The topological polar surface area (TPSA) is 61.6 Å². The molecule has 4 nitrogen and oxygen atoms in total. The average Bonchev–Trinajstić information content (AvgIpc) is 2.48. The normalized spacial score (nSPS) is 11.8. The summed E-state index contributed by atoms with van der Waals surface area (Å²) in [6.07, 6.45) is -0.806. The second-order valence-electron chi connectivity index (χ2n) is 4.50. The largest absolute Gasteiger partial charge is 0.497 e. The van der Waals surface area contributed by atoms with Crippen LogP contribution in [0.15, 0.2) is 42.5 Å². The Kier molecular flexibility index (Phi) is 4.42. The molecule has 5 heteroatoms. The summed E-state index contributed by atoms with van der Waals surface area (Å²) >= 11 is 0. The number of methoxy groups -OCH3 is 1. The van der Waals surface area contributed by atoms with Gasteiger partial charge in [0, 0.05) is 11.1 Å². The highest BCUT2D eigenvalue weighted by Gasteiger charge is 2.16. The van der Waals surface area contributed by atoms with Crippen LogP contribution in [-0.2, 0) is 4.79 Å². The third-order valence-corrected chi connectivity index (χ3v) is 3.06. The molecule has 2 aromatic carbocycles. The van der Waals surface area contributed by atoms with E-state index in [1.807, 2.05) is 0 Å². The van der Waals surface area contributed by atoms with E-state index in [0.29, 0.717) is 22.6 Å². The fourth-order valence-corrected chi connectivity index (χ4v) is 1.88. The predicted octanol–water partition coefficient (Wildman–Crippen LogP) is 2.75. The van der Waals surface area contributed by atoms with Crippen LogP contribution in [0.25, 0.3) is 11.1 Å². The Morgan fingerprint density at radius 3 is 2.57 bits per heavy atom. The van der Waals surface area contributed by atoms with Gasteiger partial charge in [0.1, 0.15) is 17.3 Å². The van der Waals surface area contributed by atoms with Crippen LogP contribution in [0.1, 0.15) is 6.92 Å². The van der Waals surface area contributed by atoms with Crippen molar-refractivity contribution in [2.45, 2.75) is 13.0 Å². The predicted molar refractivity (Wildman–Crippen MR) is 77.7 cm³/mol. The van der Waals surface area contributed by atoms with Gasteiger partial charge in [0.25, 0.3) is 5.91 Å². The number of hydrogen-bond acceptors (Lipinski definition) is 3. The van der Waals surface area contributed by atoms with Crippen molar-refractivity contribution in [3.63, 3.8) is 0 Å². The standard InChI is InChI=1S/C16H16FNO3/c1-10(16(18)19)21-15-6-4-3-5-12(15)13-9-11(20-2)7-8-14(13)17/h3-10H,1-2H3,(H2,18,19)/t10-/m1/s1. The first-order valence-electron chi connectivity index (χ1n) is 6.42. The summed E-state index contributed by atoms with van der Waals surface area (Å²) in [4.78, 5) is 11.1. The van der Waals surface area contributed by atoms with Crippen LogP contribution < -0.4 is 15.2 Å². The van der Waals surface area contributed by atoms with Gasteiger partial charge in [-0.2, -0.15) is 0 Å². The number of nitrogens with two attached hydrogens (primary N) is 1. The Labute approximate surface area is 122 Å². The third kappa shape index (κ3) is 3.31. The second-order valence-corrected chi connectivity index (χ2v) is 4.50. The van der Waals surface area contributed by atoms with Gasteiger partial charge in [-0.05, 0) is 31.2 Å². The molecule has 0 spiro atoms. The van der Waals surface area contributed by atoms with Crippen LogP contribution in [-0.4, -0.2) is 19.1 Å². The van der Waals surface area contributed by atoms with Gasteiger partial charge < -0.3 is 15.2 Å². The molecule has 1 amide bonds. The van der Waals surface area contributed by atoms with Crippen LogP contribution >= 0.6 is 0 Å². The summed E-state index contributed by atoms with van der Waals surface area (Å²) in [5.74, 6) is -0.0744. The molecule has 0 saturated carbocycles. The SMILES string of the molecule is COc1ccc(F)c(-c2ccccc2O[C@H](C)C(N)=O)c1. The minimum atomic E-state index is -0.806. The first-order chi connectivity index (χ1) is 10.0. The Balaban J connectivity index is 2.47. The number of benzene rings is 2. The molecule has 0 aromatic heterocycles. The van der Waals surface area contributed by atoms with Gasteiger partial charge >= 0.3 is 0 Å². The maximum absolute atomic E-state index is 14.1. The van der Waals surface area contributed by atoms with Crippen molar-refractivity contribution < 1.29 is 18.7 Å². The first-order valence-corrected chi connectivity index (χ1v) is 6.42. The van der Waals surface area contributed by atoms with E-state index in [0.717, 1.165) is 0 Å². The average molecular weight is 289 g/mol. The van der Waals surface area contributed by atoms with Gasteiger partial charge in [0.2, 0.25) is 0 Å². The number of para-hydroxylation sites is 1. The van der Waals surface area contributed by atoms with E-state index in [2.05, 4.69) is 0 Å². The molecule has 2 aromatic rings. The van der Waals surface area contributed by atoms with Crippen molar-refractivity contribution in [1.82, 2.24) is 0 Å². The van der Waals surface area contributed by atoms with Gasteiger partial charge in [-0.1, -0.05) is 18.2 Å². The Morgan fingerprint density at radius 2 is 1.90 bits per heavy atom. The molecule has 0 bridgehead atoms. The summed E-state index contributed by atoms with van der Waals surface area (Å²) in [7, 11) is 1.51. The highest BCUT2D eigenvalue weighted by molar-refractivity contribution is 5.79. The third-order valence-electron chi connectivity index (χ3n) is 3.06. The van der Waals surface area contributed by atoms with E-state index in [1.165, 1.54) is 19.2 Å². The van der Waals surface area contributed by atoms with Crippen LogP contribution in [0.2, 0.25) is 0 Å². The van der Waals surface area contributed by atoms with Gasteiger partial charge in [0.05, 0.1) is 7.11 Å². The zero-order valence-electron chi connectivity index (χ0n) is 11.8. The quantitative estimate of drug-likeness (QED) is 0.920. The Bertz CT molecular complexity index is 658. The number of carbonyl (C=O) groups is 1. The molecule has 0 aliphatic heterocycles. The van der Waals surface area contributed by atoms with Crippen LogP contribution in [0.5, 0.6) is 11.5 Å². The fourth-order valence-electron chi connectivity index (χ4n) is 1.88. The summed E-state index contributed by atoms with van der Waals surface area (Å²) in [5.41, 5.74) is 6.05. The molecule has 0 aliphatic rings. The molecule has 2 N–H and O–H groups in total. The van der Waals surface area contributed by atoms with Gasteiger partial charge in [0.15, 0.2) is 6.10 Å². The van der Waals surface area contributed by atoms with Crippen molar-refractivity contribution in [1.29, 1.82) is 0 Å². The summed E-state index contributed by atoms with van der Waals surface area (Å²) in [6, 6.07) is 11.3. The second kappa shape index (κ2) is 6.26. The minimum Gasteiger partial charge on any atom is -0.497 e. The number of amides is 1. The number of rotatable bonds is 5. The maximum atomic E-state index is 14.1. The molecule has 0 aliphatic carbocycles. The molecule has 1 atom stereocenters. The maximum Gasteiger partial charge on any atom is 0.258 e.